The first-order valence-corrected chi connectivity index (χ1v) is 17.7. The largest absolute Gasteiger partial charge is 0.418 e. The molecular weight excluding hydrogens is 324 g/mol. The maximum atomic E-state index is 6.28. The van der Waals surface area contributed by atoms with Crippen molar-refractivity contribution in [1.82, 2.24) is 0 Å². The van der Waals surface area contributed by atoms with Gasteiger partial charge in [-0.15, -0.1) is 0 Å². The second-order valence-corrected chi connectivity index (χ2v) is 19.9. The number of hydrogen-bond acceptors (Lipinski definition) is 1. The van der Waals surface area contributed by atoms with Crippen LogP contribution in [0.3, 0.4) is 0 Å². The van der Waals surface area contributed by atoms with Crippen LogP contribution in [-0.4, -0.2) is 23.0 Å². The van der Waals surface area contributed by atoms with Gasteiger partial charge in [0.1, 0.15) is 0 Å². The van der Waals surface area contributed by atoms with E-state index in [1.54, 1.807) is 0 Å². The van der Waals surface area contributed by atoms with Gasteiger partial charge in [-0.2, -0.15) is 0 Å². The molecule has 0 atom stereocenters. The highest BCUT2D eigenvalue weighted by Crippen LogP contribution is 2.21. The predicted molar refractivity (Wildman–Crippen MR) is 117 cm³/mol. The van der Waals surface area contributed by atoms with Crippen molar-refractivity contribution in [2.24, 2.45) is 0 Å². The molecule has 1 nitrogen and oxygen atoms in total. The van der Waals surface area contributed by atoms with Crippen molar-refractivity contribution in [3.05, 3.63) is 0 Å². The van der Waals surface area contributed by atoms with Gasteiger partial charge in [-0.3, -0.25) is 0 Å². The van der Waals surface area contributed by atoms with Gasteiger partial charge in [0.15, 0.2) is 8.32 Å². The number of unbranched alkanes of at least 4 members (excludes halogenated alkanes) is 12. The molecule has 24 heavy (non-hydrogen) atoms. The number of hydrogen-bond donors (Lipinski definition) is 0. The molecule has 0 radical (unpaired) electrons. The molecule has 0 amide bonds. The molecule has 0 aromatic heterocycles. The molecule has 0 N–H and O–H groups in total. The monoisotopic (exact) mass is 372 g/mol. The predicted octanol–water partition coefficient (Wildman–Crippen LogP) is 8.18. The molecule has 0 saturated carbocycles. The van der Waals surface area contributed by atoms with E-state index in [1.807, 2.05) is 0 Å². The molecule has 0 aromatic carbocycles. The first kappa shape index (κ1) is 24.4. The lowest BCUT2D eigenvalue weighted by molar-refractivity contribution is 0.296. The Kier molecular flexibility index (Phi) is 14.8. The van der Waals surface area contributed by atoms with Crippen molar-refractivity contribution < 1.29 is 4.43 Å². The van der Waals surface area contributed by atoms with Gasteiger partial charge >= 0.3 is 0 Å². The Morgan fingerprint density at radius 1 is 0.542 bits per heavy atom. The Labute approximate surface area is 156 Å². The van der Waals surface area contributed by atoms with Crippen molar-refractivity contribution in [3.8, 4) is 0 Å². The molecule has 0 aliphatic carbocycles. The molecule has 0 saturated heterocycles. The first-order chi connectivity index (χ1) is 11.3. The first-order valence-electron chi connectivity index (χ1n) is 10.9. The fraction of sp³-hybridized carbons (Fsp3) is 1.00. The lowest BCUT2D eigenvalue weighted by Crippen LogP contribution is -2.40. The van der Waals surface area contributed by atoms with Gasteiger partial charge in [0, 0.05) is 14.7 Å². The van der Waals surface area contributed by atoms with E-state index >= 15 is 0 Å². The molecule has 0 heterocycles. The van der Waals surface area contributed by atoms with Crippen LogP contribution in [0.5, 0.6) is 0 Å². The lowest BCUT2D eigenvalue weighted by atomic mass is 10.0. The Morgan fingerprint density at radius 2 is 0.917 bits per heavy atom. The summed E-state index contributed by atoms with van der Waals surface area (Å²) in [5.74, 6) is 0. The Morgan fingerprint density at radius 3 is 1.29 bits per heavy atom. The molecule has 146 valence electrons. The van der Waals surface area contributed by atoms with Crippen LogP contribution in [0, 0.1) is 0 Å². The van der Waals surface area contributed by atoms with Gasteiger partial charge < -0.3 is 4.43 Å². The fourth-order valence-electron chi connectivity index (χ4n) is 3.80. The van der Waals surface area contributed by atoms with Crippen LogP contribution in [0.15, 0.2) is 0 Å². The SMILES string of the molecule is CCCCCCCCCCCCCCCO[Si](C)(C)C[Si](C)(C)C. The van der Waals surface area contributed by atoms with E-state index in [0.29, 0.717) is 0 Å². The zero-order valence-corrected chi connectivity index (χ0v) is 20.0. The molecule has 0 spiro atoms. The average Bonchev–Trinajstić information content (AvgIpc) is 2.45. The minimum absolute atomic E-state index is 0.963. The van der Waals surface area contributed by atoms with Gasteiger partial charge in [0.05, 0.1) is 0 Å². The smallest absolute Gasteiger partial charge is 0.184 e. The third-order valence-electron chi connectivity index (χ3n) is 4.70. The molecule has 0 rings (SSSR count). The summed E-state index contributed by atoms with van der Waals surface area (Å²) >= 11 is 0. The summed E-state index contributed by atoms with van der Waals surface area (Å²) in [7, 11) is -2.34. The van der Waals surface area contributed by atoms with Crippen molar-refractivity contribution in [3.63, 3.8) is 0 Å². The van der Waals surface area contributed by atoms with E-state index in [1.165, 1.54) is 89.1 Å². The summed E-state index contributed by atoms with van der Waals surface area (Å²) < 4.78 is 6.28. The highest BCUT2D eigenvalue weighted by molar-refractivity contribution is 6.92. The zero-order valence-electron chi connectivity index (χ0n) is 18.0. The molecule has 0 aliphatic heterocycles. The molecule has 0 fully saturated rings. The van der Waals surface area contributed by atoms with Crippen molar-refractivity contribution in [2.75, 3.05) is 6.61 Å². The van der Waals surface area contributed by atoms with Crippen LogP contribution in [0.4, 0.5) is 0 Å². The van der Waals surface area contributed by atoms with Crippen molar-refractivity contribution in [1.29, 1.82) is 0 Å². The Bertz CT molecular complexity index is 272. The molecular formula is C21H48OSi2. The fourth-order valence-corrected chi connectivity index (χ4v) is 15.1. The number of rotatable bonds is 17. The molecule has 3 heteroatoms. The van der Waals surface area contributed by atoms with E-state index in [9.17, 15) is 0 Å². The zero-order chi connectivity index (χ0) is 18.3. The maximum absolute atomic E-state index is 6.28. The van der Waals surface area contributed by atoms with Crippen LogP contribution in [0.2, 0.25) is 38.4 Å². The highest BCUT2D eigenvalue weighted by atomic mass is 28.4. The second kappa shape index (κ2) is 14.6. The van der Waals surface area contributed by atoms with E-state index in [2.05, 4.69) is 39.7 Å². The minimum atomic E-state index is -1.38. The molecule has 0 aliphatic rings. The van der Waals surface area contributed by atoms with Gasteiger partial charge in [-0.25, -0.2) is 0 Å². The molecule has 0 unspecified atom stereocenters. The van der Waals surface area contributed by atoms with E-state index in [-0.39, 0.29) is 0 Å². The topological polar surface area (TPSA) is 9.23 Å². The van der Waals surface area contributed by atoms with E-state index in [0.717, 1.165) is 6.61 Å². The third-order valence-corrected chi connectivity index (χ3v) is 13.3. The summed E-state index contributed by atoms with van der Waals surface area (Å²) in [4.78, 5) is 0. The van der Waals surface area contributed by atoms with Crippen LogP contribution >= 0.6 is 0 Å². The van der Waals surface area contributed by atoms with Gasteiger partial charge in [0.25, 0.3) is 0 Å². The van der Waals surface area contributed by atoms with E-state index < -0.39 is 16.4 Å². The van der Waals surface area contributed by atoms with Gasteiger partial charge in [0.2, 0.25) is 0 Å². The lowest BCUT2D eigenvalue weighted by Gasteiger charge is -2.29. The summed E-state index contributed by atoms with van der Waals surface area (Å²) in [6.07, 6.45) is 18.5. The average molecular weight is 373 g/mol. The van der Waals surface area contributed by atoms with Crippen LogP contribution < -0.4 is 0 Å². The van der Waals surface area contributed by atoms with Gasteiger partial charge in [-0.1, -0.05) is 104 Å². The molecule has 0 aromatic rings. The van der Waals surface area contributed by atoms with Crippen molar-refractivity contribution in [2.45, 2.75) is 129 Å². The second-order valence-electron chi connectivity index (χ2n) is 9.59. The maximum Gasteiger partial charge on any atom is 0.184 e. The summed E-state index contributed by atoms with van der Waals surface area (Å²) in [5, 5.41) is 0. The van der Waals surface area contributed by atoms with Crippen LogP contribution in [0.25, 0.3) is 0 Å². The minimum Gasteiger partial charge on any atom is -0.418 e. The Balaban J connectivity index is 3.28. The third kappa shape index (κ3) is 18.7. The summed E-state index contributed by atoms with van der Waals surface area (Å²) in [5.41, 5.74) is 1.40. The van der Waals surface area contributed by atoms with Crippen molar-refractivity contribution >= 4 is 16.4 Å². The summed E-state index contributed by atoms with van der Waals surface area (Å²) in [6, 6.07) is 0. The highest BCUT2D eigenvalue weighted by Gasteiger charge is 2.29. The van der Waals surface area contributed by atoms with E-state index in [4.69, 9.17) is 4.43 Å². The van der Waals surface area contributed by atoms with Gasteiger partial charge in [-0.05, 0) is 25.2 Å². The standard InChI is InChI=1S/C21H48OSi2/c1-7-8-9-10-11-12-13-14-15-16-17-18-19-20-22-24(5,6)21-23(2,3)4/h7-21H2,1-6H3. The Hall–Kier alpha value is 0.394. The summed E-state index contributed by atoms with van der Waals surface area (Å²) in [6.45, 7) is 15.5. The van der Waals surface area contributed by atoms with Crippen LogP contribution in [0.1, 0.15) is 90.4 Å². The van der Waals surface area contributed by atoms with Crippen LogP contribution in [-0.2, 0) is 4.43 Å². The quantitative estimate of drug-likeness (QED) is 0.185. The molecule has 0 bridgehead atoms. The normalized spacial score (nSPS) is 12.8.